The highest BCUT2D eigenvalue weighted by Gasteiger charge is 2.24. The third kappa shape index (κ3) is 4.83. The molecule has 1 aliphatic heterocycles. The van der Waals surface area contributed by atoms with Crippen molar-refractivity contribution < 1.29 is 23.8 Å². The molecule has 0 bridgehead atoms. The lowest BCUT2D eigenvalue weighted by atomic mass is 10.1. The predicted molar refractivity (Wildman–Crippen MR) is 123 cm³/mol. The number of amides is 2. The molecule has 0 fully saturated rings. The minimum Gasteiger partial charge on any atom is -0.494 e. The van der Waals surface area contributed by atoms with Gasteiger partial charge in [-0.3, -0.25) is 14.9 Å². The fourth-order valence-corrected chi connectivity index (χ4v) is 4.03. The second-order valence-corrected chi connectivity index (χ2v) is 8.33. The zero-order valence-corrected chi connectivity index (χ0v) is 18.7. The van der Waals surface area contributed by atoms with Gasteiger partial charge in [0, 0.05) is 10.4 Å². The smallest absolute Gasteiger partial charge is 0.265 e. The van der Waals surface area contributed by atoms with Crippen LogP contribution in [0, 0.1) is 6.92 Å². The quantitative estimate of drug-likeness (QED) is 0.555. The van der Waals surface area contributed by atoms with E-state index < -0.39 is 6.10 Å². The van der Waals surface area contributed by atoms with Crippen LogP contribution in [0.4, 0.5) is 10.8 Å². The van der Waals surface area contributed by atoms with E-state index in [2.05, 4.69) is 15.6 Å². The number of rotatable bonds is 7. The summed E-state index contributed by atoms with van der Waals surface area (Å²) in [6.07, 6.45) is -0.527. The minimum atomic E-state index is -0.527. The molecule has 4 rings (SSSR count). The van der Waals surface area contributed by atoms with Gasteiger partial charge < -0.3 is 19.5 Å². The van der Waals surface area contributed by atoms with Crippen molar-refractivity contribution in [3.63, 3.8) is 0 Å². The number of nitrogens with zero attached hydrogens (tertiary/aromatic N) is 1. The lowest BCUT2D eigenvalue weighted by molar-refractivity contribution is -0.122. The van der Waals surface area contributed by atoms with Crippen LogP contribution in [0.3, 0.4) is 0 Å². The van der Waals surface area contributed by atoms with Gasteiger partial charge in [-0.15, -0.1) is 11.3 Å². The maximum absolute atomic E-state index is 12.3. The Balaban J connectivity index is 1.40. The van der Waals surface area contributed by atoms with Gasteiger partial charge in [-0.05, 0) is 63.2 Å². The molecule has 3 aromatic rings. The van der Waals surface area contributed by atoms with Gasteiger partial charge >= 0.3 is 0 Å². The number of anilines is 2. The van der Waals surface area contributed by atoms with Crippen molar-refractivity contribution >= 4 is 34.0 Å². The van der Waals surface area contributed by atoms with Crippen LogP contribution in [0.1, 0.15) is 18.7 Å². The standard InChI is InChI=1S/C23H23N3O5S/c1-4-29-16-6-8-17(9-7-16)30-12-20(27)25-23-26-21(14(3)32-23)15-5-10-19-18(11-15)24-22(28)13(2)31-19/h5-11,13H,4,12H2,1-3H3,(H,24,28)(H,25,26,27). The third-order valence-corrected chi connectivity index (χ3v) is 5.62. The molecule has 2 heterocycles. The Morgan fingerprint density at radius 2 is 1.91 bits per heavy atom. The Bertz CT molecular complexity index is 1140. The highest BCUT2D eigenvalue weighted by molar-refractivity contribution is 7.16. The molecular weight excluding hydrogens is 430 g/mol. The van der Waals surface area contributed by atoms with Crippen molar-refractivity contribution in [3.8, 4) is 28.5 Å². The Labute approximate surface area is 189 Å². The van der Waals surface area contributed by atoms with Gasteiger partial charge in [0.15, 0.2) is 17.8 Å². The van der Waals surface area contributed by atoms with Gasteiger partial charge in [0.2, 0.25) is 0 Å². The second-order valence-electron chi connectivity index (χ2n) is 7.13. The first kappa shape index (κ1) is 21.6. The van der Waals surface area contributed by atoms with E-state index in [0.717, 1.165) is 21.9 Å². The molecule has 166 valence electrons. The molecule has 2 amide bonds. The first-order chi connectivity index (χ1) is 15.4. The molecule has 0 radical (unpaired) electrons. The van der Waals surface area contributed by atoms with E-state index in [1.807, 2.05) is 32.0 Å². The van der Waals surface area contributed by atoms with E-state index in [1.165, 1.54) is 11.3 Å². The van der Waals surface area contributed by atoms with E-state index >= 15 is 0 Å². The Hall–Kier alpha value is -3.59. The third-order valence-electron chi connectivity index (χ3n) is 4.73. The average Bonchev–Trinajstić information content (AvgIpc) is 3.14. The fraction of sp³-hybridized carbons (Fsp3) is 0.261. The molecule has 2 N–H and O–H groups in total. The first-order valence-corrected chi connectivity index (χ1v) is 11.0. The number of nitrogens with one attached hydrogen (secondary N) is 2. The summed E-state index contributed by atoms with van der Waals surface area (Å²) in [5, 5.41) is 6.09. The normalized spacial score (nSPS) is 14.7. The summed E-state index contributed by atoms with van der Waals surface area (Å²) in [4.78, 5) is 29.7. The van der Waals surface area contributed by atoms with Gasteiger partial charge in [0.1, 0.15) is 17.2 Å². The Kier molecular flexibility index (Phi) is 6.27. The molecule has 1 aromatic heterocycles. The predicted octanol–water partition coefficient (Wildman–Crippen LogP) is 4.25. The average molecular weight is 454 g/mol. The van der Waals surface area contributed by atoms with E-state index in [4.69, 9.17) is 14.2 Å². The summed E-state index contributed by atoms with van der Waals surface area (Å²) in [7, 11) is 0. The summed E-state index contributed by atoms with van der Waals surface area (Å²) in [5.41, 5.74) is 2.16. The number of aromatic nitrogens is 1. The van der Waals surface area contributed by atoms with Crippen molar-refractivity contribution in [3.05, 3.63) is 47.3 Å². The van der Waals surface area contributed by atoms with Crippen LogP contribution in [-0.2, 0) is 9.59 Å². The van der Waals surface area contributed by atoms with Crippen molar-refractivity contribution in [2.24, 2.45) is 0 Å². The minimum absolute atomic E-state index is 0.137. The Morgan fingerprint density at radius 3 is 2.62 bits per heavy atom. The molecule has 0 aliphatic carbocycles. The number of thiazole rings is 1. The summed E-state index contributed by atoms with van der Waals surface area (Å²) >= 11 is 1.37. The second kappa shape index (κ2) is 9.27. The monoisotopic (exact) mass is 453 g/mol. The van der Waals surface area contributed by atoms with Gasteiger partial charge in [0.05, 0.1) is 18.0 Å². The lowest BCUT2D eigenvalue weighted by Crippen LogP contribution is -2.34. The van der Waals surface area contributed by atoms with Crippen molar-refractivity contribution in [1.82, 2.24) is 4.98 Å². The van der Waals surface area contributed by atoms with Gasteiger partial charge in [-0.25, -0.2) is 4.98 Å². The number of fused-ring (bicyclic) bond motifs is 1. The molecule has 0 saturated heterocycles. The number of aryl methyl sites for hydroxylation is 1. The van der Waals surface area contributed by atoms with Crippen LogP contribution in [0.2, 0.25) is 0 Å². The van der Waals surface area contributed by atoms with E-state index in [0.29, 0.717) is 28.9 Å². The summed E-state index contributed by atoms with van der Waals surface area (Å²) in [6, 6.07) is 12.6. The molecule has 1 unspecified atom stereocenters. The topological polar surface area (TPSA) is 98.8 Å². The number of hydrogen-bond donors (Lipinski definition) is 2. The van der Waals surface area contributed by atoms with Crippen LogP contribution in [0.5, 0.6) is 17.2 Å². The van der Waals surface area contributed by atoms with Crippen molar-refractivity contribution in [2.45, 2.75) is 26.9 Å². The highest BCUT2D eigenvalue weighted by atomic mass is 32.1. The zero-order valence-electron chi connectivity index (χ0n) is 17.9. The summed E-state index contributed by atoms with van der Waals surface area (Å²) in [6.45, 7) is 5.99. The first-order valence-electron chi connectivity index (χ1n) is 10.2. The van der Waals surface area contributed by atoms with Crippen molar-refractivity contribution in [1.29, 1.82) is 0 Å². The van der Waals surface area contributed by atoms with Crippen molar-refractivity contribution in [2.75, 3.05) is 23.8 Å². The number of carbonyl (C=O) groups excluding carboxylic acids is 2. The molecule has 32 heavy (non-hydrogen) atoms. The molecule has 9 heteroatoms. The van der Waals surface area contributed by atoms with Crippen LogP contribution in [0.15, 0.2) is 42.5 Å². The molecule has 8 nitrogen and oxygen atoms in total. The highest BCUT2D eigenvalue weighted by Crippen LogP contribution is 2.36. The molecule has 2 aromatic carbocycles. The SMILES string of the molecule is CCOc1ccc(OCC(=O)Nc2nc(-c3ccc4c(c3)NC(=O)C(C)O4)c(C)s2)cc1. The van der Waals surface area contributed by atoms with Crippen LogP contribution < -0.4 is 24.8 Å². The van der Waals surface area contributed by atoms with E-state index in [-0.39, 0.29) is 18.4 Å². The van der Waals surface area contributed by atoms with Gasteiger partial charge in [-0.1, -0.05) is 0 Å². The largest absolute Gasteiger partial charge is 0.494 e. The van der Waals surface area contributed by atoms with Crippen LogP contribution in [0.25, 0.3) is 11.3 Å². The van der Waals surface area contributed by atoms with Crippen LogP contribution >= 0.6 is 11.3 Å². The number of carbonyl (C=O) groups is 2. The van der Waals surface area contributed by atoms with Gasteiger partial charge in [-0.2, -0.15) is 0 Å². The number of hydrogen-bond acceptors (Lipinski definition) is 7. The maximum atomic E-state index is 12.3. The fourth-order valence-electron chi connectivity index (χ4n) is 3.18. The van der Waals surface area contributed by atoms with E-state index in [1.54, 1.807) is 31.2 Å². The maximum Gasteiger partial charge on any atom is 0.265 e. The summed E-state index contributed by atoms with van der Waals surface area (Å²) in [5.74, 6) is 1.45. The number of ether oxygens (including phenoxy) is 3. The molecular formula is C23H23N3O5S. The van der Waals surface area contributed by atoms with E-state index in [9.17, 15) is 9.59 Å². The number of benzene rings is 2. The molecule has 1 aliphatic rings. The molecule has 1 atom stereocenters. The van der Waals surface area contributed by atoms with Crippen LogP contribution in [-0.4, -0.2) is 36.1 Å². The molecule has 0 spiro atoms. The molecule has 0 saturated carbocycles. The Morgan fingerprint density at radius 1 is 1.19 bits per heavy atom. The zero-order chi connectivity index (χ0) is 22.7. The van der Waals surface area contributed by atoms with Gasteiger partial charge in [0.25, 0.3) is 11.8 Å². The summed E-state index contributed by atoms with van der Waals surface area (Å²) < 4.78 is 16.5. The lowest BCUT2D eigenvalue weighted by Gasteiger charge is -2.23.